The summed E-state index contributed by atoms with van der Waals surface area (Å²) in [6.45, 7) is 4.04. The van der Waals surface area contributed by atoms with Gasteiger partial charge in [0.05, 0.1) is 5.75 Å². The molecule has 0 fully saturated rings. The Kier molecular flexibility index (Phi) is 6.04. The molecule has 0 radical (unpaired) electrons. The van der Waals surface area contributed by atoms with Gasteiger partial charge in [-0.1, -0.05) is 0 Å². The number of nitrogens with two attached hydrogens (primary N) is 1. The van der Waals surface area contributed by atoms with Crippen LogP contribution in [0, 0.1) is 0 Å². The second kappa shape index (κ2) is 7.10. The lowest BCUT2D eigenvalue weighted by atomic mass is 10.1. The van der Waals surface area contributed by atoms with Gasteiger partial charge in [0.15, 0.2) is 0 Å². The number of rotatable bonds is 7. The summed E-state index contributed by atoms with van der Waals surface area (Å²) in [5, 5.41) is 12.9. The molecule has 0 saturated heterocycles. The summed E-state index contributed by atoms with van der Waals surface area (Å²) in [5.74, 6) is -0.873. The largest absolute Gasteiger partial charge is 0.480 e. The van der Waals surface area contributed by atoms with Crippen molar-refractivity contribution in [3.63, 3.8) is 0 Å². The molecule has 0 spiro atoms. The molecule has 3 N–H and O–H groups in total. The molecule has 0 aliphatic carbocycles. The second-order valence-corrected chi connectivity index (χ2v) is 7.50. The number of thiophene rings is 1. The number of hydrogen-bond acceptors (Lipinski definition) is 5. The van der Waals surface area contributed by atoms with Gasteiger partial charge in [0, 0.05) is 18.3 Å². The maximum Gasteiger partial charge on any atom is 0.321 e. The summed E-state index contributed by atoms with van der Waals surface area (Å²) in [6.07, 6.45) is 0. The second-order valence-electron chi connectivity index (χ2n) is 5.09. The average molecular weight is 316 g/mol. The Morgan fingerprint density at radius 3 is 2.70 bits per heavy atom. The van der Waals surface area contributed by atoms with Crippen molar-refractivity contribution in [3.8, 4) is 0 Å². The molecular weight excluding hydrogens is 296 g/mol. The smallest absolute Gasteiger partial charge is 0.321 e. The number of nitrogens with zero attached hydrogens (tertiary/aromatic N) is 1. The Hall–Kier alpha value is -1.05. The number of amides is 1. The first-order chi connectivity index (χ1) is 9.24. The van der Waals surface area contributed by atoms with E-state index in [1.165, 1.54) is 11.8 Å². The standard InChI is InChI=1S/C13H20N2O3S2/c1-13(2,11(14)12(17)18)20-8-10(16)15(3)6-9-4-5-19-7-9/h4-5,7,11H,6,8,14H2,1-3H3,(H,17,18)/t11-/m0/s1. The number of carboxylic acids is 1. The molecule has 0 aliphatic rings. The highest BCUT2D eigenvalue weighted by Gasteiger charge is 2.33. The summed E-state index contributed by atoms with van der Waals surface area (Å²) < 4.78 is -0.690. The van der Waals surface area contributed by atoms with Crippen LogP contribution in [0.2, 0.25) is 0 Å². The van der Waals surface area contributed by atoms with Crippen LogP contribution in [0.1, 0.15) is 19.4 Å². The summed E-state index contributed by atoms with van der Waals surface area (Å²) in [4.78, 5) is 24.6. The van der Waals surface area contributed by atoms with E-state index >= 15 is 0 Å². The highest BCUT2D eigenvalue weighted by molar-refractivity contribution is 8.01. The predicted molar refractivity (Wildman–Crippen MR) is 82.9 cm³/mol. The van der Waals surface area contributed by atoms with Crippen molar-refractivity contribution in [1.29, 1.82) is 0 Å². The van der Waals surface area contributed by atoms with Crippen LogP contribution in [0.3, 0.4) is 0 Å². The zero-order valence-electron chi connectivity index (χ0n) is 11.8. The normalized spacial score (nSPS) is 13.0. The Bertz CT molecular complexity index is 460. The highest BCUT2D eigenvalue weighted by atomic mass is 32.2. The fourth-order valence-electron chi connectivity index (χ4n) is 1.49. The maximum atomic E-state index is 12.0. The van der Waals surface area contributed by atoms with E-state index < -0.39 is 16.8 Å². The van der Waals surface area contributed by atoms with Crippen molar-refractivity contribution in [1.82, 2.24) is 4.90 Å². The minimum atomic E-state index is -1.05. The number of carboxylic acid groups (broad SMARTS) is 1. The van der Waals surface area contributed by atoms with Gasteiger partial charge in [0.2, 0.25) is 5.91 Å². The van der Waals surface area contributed by atoms with Crippen LogP contribution in [-0.2, 0) is 16.1 Å². The molecule has 0 bridgehead atoms. The van der Waals surface area contributed by atoms with Gasteiger partial charge < -0.3 is 15.7 Å². The van der Waals surface area contributed by atoms with Crippen LogP contribution in [-0.4, -0.2) is 45.5 Å². The molecule has 1 rings (SSSR count). The van der Waals surface area contributed by atoms with Gasteiger partial charge in [0.25, 0.3) is 0 Å². The van der Waals surface area contributed by atoms with Crippen LogP contribution in [0.5, 0.6) is 0 Å². The zero-order chi connectivity index (χ0) is 15.3. The molecule has 0 saturated carbocycles. The number of aliphatic carboxylic acids is 1. The molecule has 0 aromatic carbocycles. The highest BCUT2D eigenvalue weighted by Crippen LogP contribution is 2.27. The molecule has 1 atom stereocenters. The fraction of sp³-hybridized carbons (Fsp3) is 0.538. The summed E-state index contributed by atoms with van der Waals surface area (Å²) in [5.41, 5.74) is 6.72. The molecule has 1 aromatic heterocycles. The van der Waals surface area contributed by atoms with Crippen LogP contribution in [0.25, 0.3) is 0 Å². The summed E-state index contributed by atoms with van der Waals surface area (Å²) >= 11 is 2.86. The van der Waals surface area contributed by atoms with Crippen molar-refractivity contribution in [2.75, 3.05) is 12.8 Å². The quantitative estimate of drug-likeness (QED) is 0.799. The lowest BCUT2D eigenvalue weighted by Gasteiger charge is -2.28. The van der Waals surface area contributed by atoms with E-state index in [1.54, 1.807) is 37.1 Å². The van der Waals surface area contributed by atoms with E-state index in [2.05, 4.69) is 0 Å². The molecule has 7 heteroatoms. The van der Waals surface area contributed by atoms with Gasteiger partial charge >= 0.3 is 5.97 Å². The van der Waals surface area contributed by atoms with E-state index in [0.717, 1.165) is 5.56 Å². The molecular formula is C13H20N2O3S2. The molecule has 112 valence electrons. The van der Waals surface area contributed by atoms with Crippen LogP contribution >= 0.6 is 23.1 Å². The lowest BCUT2D eigenvalue weighted by Crippen LogP contribution is -2.47. The molecule has 1 amide bonds. The van der Waals surface area contributed by atoms with Crippen molar-refractivity contribution >= 4 is 35.0 Å². The first-order valence-electron chi connectivity index (χ1n) is 6.11. The topological polar surface area (TPSA) is 83.6 Å². The van der Waals surface area contributed by atoms with E-state index in [4.69, 9.17) is 10.8 Å². The van der Waals surface area contributed by atoms with Gasteiger partial charge in [-0.25, -0.2) is 0 Å². The lowest BCUT2D eigenvalue weighted by molar-refractivity contribution is -0.139. The number of hydrogen-bond donors (Lipinski definition) is 2. The van der Waals surface area contributed by atoms with Crippen molar-refractivity contribution in [3.05, 3.63) is 22.4 Å². The van der Waals surface area contributed by atoms with Gasteiger partial charge in [-0.15, -0.1) is 11.8 Å². The monoisotopic (exact) mass is 316 g/mol. The molecule has 0 unspecified atom stereocenters. The molecule has 5 nitrogen and oxygen atoms in total. The third-order valence-corrected chi connectivity index (χ3v) is 5.13. The fourth-order valence-corrected chi connectivity index (χ4v) is 3.15. The summed E-state index contributed by atoms with van der Waals surface area (Å²) in [6, 6.07) is 0.980. The number of carbonyl (C=O) groups excluding carboxylic acids is 1. The molecule has 20 heavy (non-hydrogen) atoms. The van der Waals surface area contributed by atoms with Crippen LogP contribution in [0.4, 0.5) is 0 Å². The SMILES string of the molecule is CN(Cc1ccsc1)C(=O)CSC(C)(C)[C@@H](N)C(=O)O. The number of thioether (sulfide) groups is 1. The van der Waals surface area contributed by atoms with E-state index in [1.807, 2.05) is 16.8 Å². The first kappa shape index (κ1) is 17.0. The Balaban J connectivity index is 2.48. The number of carbonyl (C=O) groups is 2. The maximum absolute atomic E-state index is 12.0. The molecule has 0 aliphatic heterocycles. The van der Waals surface area contributed by atoms with Gasteiger partial charge in [-0.2, -0.15) is 11.3 Å². The molecule has 1 aromatic rings. The van der Waals surface area contributed by atoms with Crippen molar-refractivity contribution in [2.45, 2.75) is 31.2 Å². The average Bonchev–Trinajstić information content (AvgIpc) is 2.87. The third-order valence-electron chi connectivity index (χ3n) is 3.01. The molecule has 1 heterocycles. The van der Waals surface area contributed by atoms with Gasteiger partial charge in [-0.3, -0.25) is 9.59 Å². The minimum absolute atomic E-state index is 0.0353. The Labute approximate surface area is 127 Å². The Morgan fingerprint density at radius 2 is 2.20 bits per heavy atom. The minimum Gasteiger partial charge on any atom is -0.480 e. The third kappa shape index (κ3) is 4.81. The van der Waals surface area contributed by atoms with E-state index in [9.17, 15) is 9.59 Å². The van der Waals surface area contributed by atoms with Gasteiger partial charge in [0.1, 0.15) is 6.04 Å². The first-order valence-corrected chi connectivity index (χ1v) is 8.04. The van der Waals surface area contributed by atoms with E-state index in [-0.39, 0.29) is 11.7 Å². The predicted octanol–water partition coefficient (Wildman–Crippen LogP) is 1.63. The van der Waals surface area contributed by atoms with Crippen molar-refractivity contribution < 1.29 is 14.7 Å². The van der Waals surface area contributed by atoms with Crippen molar-refractivity contribution in [2.24, 2.45) is 5.73 Å². The Morgan fingerprint density at radius 1 is 1.55 bits per heavy atom. The summed E-state index contributed by atoms with van der Waals surface area (Å²) in [7, 11) is 1.74. The zero-order valence-corrected chi connectivity index (χ0v) is 13.5. The van der Waals surface area contributed by atoms with Crippen LogP contribution < -0.4 is 5.73 Å². The van der Waals surface area contributed by atoms with Crippen LogP contribution in [0.15, 0.2) is 16.8 Å². The van der Waals surface area contributed by atoms with E-state index in [0.29, 0.717) is 6.54 Å². The van der Waals surface area contributed by atoms with Gasteiger partial charge in [-0.05, 0) is 36.2 Å².